The van der Waals surface area contributed by atoms with Crippen molar-refractivity contribution in [3.8, 4) is 10.8 Å². The Morgan fingerprint density at radius 2 is 2.30 bits per heavy atom. The molecular formula is C17H18N2O3S. The summed E-state index contributed by atoms with van der Waals surface area (Å²) in [6.45, 7) is 5.29. The predicted molar refractivity (Wildman–Crippen MR) is 87.2 cm³/mol. The van der Waals surface area contributed by atoms with Gasteiger partial charge in [-0.05, 0) is 31.2 Å². The fourth-order valence-electron chi connectivity index (χ4n) is 2.76. The van der Waals surface area contributed by atoms with Crippen molar-refractivity contribution < 1.29 is 13.6 Å². The molecule has 4 heterocycles. The van der Waals surface area contributed by atoms with Crippen molar-refractivity contribution >= 4 is 11.3 Å². The maximum atomic E-state index is 5.80. The highest BCUT2D eigenvalue weighted by Crippen LogP contribution is 2.29. The van der Waals surface area contributed by atoms with Gasteiger partial charge >= 0.3 is 0 Å². The van der Waals surface area contributed by atoms with Crippen molar-refractivity contribution in [3.63, 3.8) is 0 Å². The average Bonchev–Trinajstić information content (AvgIpc) is 3.28. The fourth-order valence-corrected chi connectivity index (χ4v) is 3.67. The van der Waals surface area contributed by atoms with Gasteiger partial charge in [0.1, 0.15) is 17.6 Å². The molecule has 23 heavy (non-hydrogen) atoms. The number of thiazole rings is 1. The quantitative estimate of drug-likeness (QED) is 0.726. The first kappa shape index (κ1) is 14.7. The fraction of sp³-hybridized carbons (Fsp3) is 0.353. The van der Waals surface area contributed by atoms with Gasteiger partial charge in [-0.15, -0.1) is 11.3 Å². The number of aryl methyl sites for hydroxylation is 1. The first-order valence-corrected chi connectivity index (χ1v) is 8.48. The average molecular weight is 330 g/mol. The Hall–Kier alpha value is -1.89. The number of morpholine rings is 1. The van der Waals surface area contributed by atoms with Crippen LogP contribution in [-0.2, 0) is 11.3 Å². The lowest BCUT2D eigenvalue weighted by Gasteiger charge is -2.31. The largest absolute Gasteiger partial charge is 0.467 e. The van der Waals surface area contributed by atoms with Crippen LogP contribution in [0, 0.1) is 6.92 Å². The minimum atomic E-state index is 0.0128. The number of ether oxygens (including phenoxy) is 1. The van der Waals surface area contributed by atoms with Crippen molar-refractivity contribution in [2.75, 3.05) is 19.7 Å². The molecule has 0 saturated carbocycles. The SMILES string of the molecule is Cc1ccc(-c2ncc(CN3CCO[C@@H](c4ccco4)C3)s2)o1. The minimum absolute atomic E-state index is 0.0128. The van der Waals surface area contributed by atoms with E-state index in [-0.39, 0.29) is 6.10 Å². The van der Waals surface area contributed by atoms with E-state index in [0.717, 1.165) is 41.9 Å². The third kappa shape index (κ3) is 3.24. The predicted octanol–water partition coefficient (Wildman–Crippen LogP) is 3.88. The Kier molecular flexibility index (Phi) is 4.03. The highest BCUT2D eigenvalue weighted by atomic mass is 32.1. The molecule has 4 rings (SSSR count). The summed E-state index contributed by atoms with van der Waals surface area (Å²) in [6, 6.07) is 7.81. The molecule has 0 spiro atoms. The lowest BCUT2D eigenvalue weighted by molar-refractivity contribution is -0.0425. The number of aromatic nitrogens is 1. The van der Waals surface area contributed by atoms with Crippen LogP contribution in [0.1, 0.15) is 22.5 Å². The smallest absolute Gasteiger partial charge is 0.162 e. The molecular weight excluding hydrogens is 312 g/mol. The Bertz CT molecular complexity index is 763. The molecule has 120 valence electrons. The summed E-state index contributed by atoms with van der Waals surface area (Å²) in [5.41, 5.74) is 0. The Morgan fingerprint density at radius 1 is 1.35 bits per heavy atom. The van der Waals surface area contributed by atoms with E-state index in [1.54, 1.807) is 17.6 Å². The third-order valence-electron chi connectivity index (χ3n) is 3.90. The van der Waals surface area contributed by atoms with Crippen molar-refractivity contribution in [1.82, 2.24) is 9.88 Å². The Labute approximate surface area is 138 Å². The lowest BCUT2D eigenvalue weighted by atomic mass is 10.2. The van der Waals surface area contributed by atoms with E-state index in [1.165, 1.54) is 4.88 Å². The zero-order chi connectivity index (χ0) is 15.6. The molecule has 0 N–H and O–H groups in total. The van der Waals surface area contributed by atoms with E-state index in [0.29, 0.717) is 6.61 Å². The molecule has 1 aliphatic rings. The summed E-state index contributed by atoms with van der Waals surface area (Å²) in [7, 11) is 0. The molecule has 1 aliphatic heterocycles. The Balaban J connectivity index is 1.43. The van der Waals surface area contributed by atoms with Gasteiger partial charge in [-0.2, -0.15) is 0 Å². The topological polar surface area (TPSA) is 51.6 Å². The van der Waals surface area contributed by atoms with Crippen LogP contribution in [0.3, 0.4) is 0 Å². The molecule has 0 amide bonds. The maximum absolute atomic E-state index is 5.80. The molecule has 3 aromatic heterocycles. The molecule has 6 heteroatoms. The van der Waals surface area contributed by atoms with Crippen LogP contribution in [0.15, 0.2) is 45.6 Å². The third-order valence-corrected chi connectivity index (χ3v) is 4.89. The van der Waals surface area contributed by atoms with Gasteiger partial charge in [-0.3, -0.25) is 4.90 Å². The highest BCUT2D eigenvalue weighted by Gasteiger charge is 2.24. The zero-order valence-electron chi connectivity index (χ0n) is 12.9. The molecule has 1 saturated heterocycles. The number of hydrogen-bond donors (Lipinski definition) is 0. The summed E-state index contributed by atoms with van der Waals surface area (Å²) < 4.78 is 16.9. The molecule has 0 bridgehead atoms. The van der Waals surface area contributed by atoms with Crippen molar-refractivity contribution in [2.45, 2.75) is 19.6 Å². The summed E-state index contributed by atoms with van der Waals surface area (Å²) in [6.07, 6.45) is 3.65. The van der Waals surface area contributed by atoms with E-state index in [4.69, 9.17) is 13.6 Å². The maximum Gasteiger partial charge on any atom is 0.162 e. The molecule has 1 fully saturated rings. The molecule has 0 unspecified atom stereocenters. The molecule has 3 aromatic rings. The number of nitrogens with zero attached hydrogens (tertiary/aromatic N) is 2. The van der Waals surface area contributed by atoms with Gasteiger partial charge in [0.2, 0.25) is 0 Å². The highest BCUT2D eigenvalue weighted by molar-refractivity contribution is 7.14. The number of hydrogen-bond acceptors (Lipinski definition) is 6. The minimum Gasteiger partial charge on any atom is -0.467 e. The normalized spacial score (nSPS) is 19.3. The second kappa shape index (κ2) is 6.31. The van der Waals surface area contributed by atoms with Gasteiger partial charge in [0.25, 0.3) is 0 Å². The summed E-state index contributed by atoms with van der Waals surface area (Å²) in [4.78, 5) is 8.09. The summed E-state index contributed by atoms with van der Waals surface area (Å²) in [5.74, 6) is 2.64. The first-order chi connectivity index (χ1) is 11.3. The molecule has 1 atom stereocenters. The summed E-state index contributed by atoms with van der Waals surface area (Å²) in [5, 5.41) is 0.934. The number of rotatable bonds is 4. The standard InChI is InChI=1S/C17H18N2O3S/c1-12-4-5-15(22-12)17-18-9-13(23-17)10-19-6-8-21-16(11-19)14-3-2-7-20-14/h2-5,7,9,16H,6,8,10-11H2,1H3/t16-/m1/s1. The van der Waals surface area contributed by atoms with E-state index in [2.05, 4.69) is 9.88 Å². The first-order valence-electron chi connectivity index (χ1n) is 7.67. The second-order valence-electron chi connectivity index (χ2n) is 5.65. The van der Waals surface area contributed by atoms with Gasteiger partial charge < -0.3 is 13.6 Å². The van der Waals surface area contributed by atoms with Crippen LogP contribution >= 0.6 is 11.3 Å². The van der Waals surface area contributed by atoms with Gasteiger partial charge in [-0.1, -0.05) is 0 Å². The van der Waals surface area contributed by atoms with E-state index < -0.39 is 0 Å². The molecule has 0 aromatic carbocycles. The zero-order valence-corrected chi connectivity index (χ0v) is 13.7. The Morgan fingerprint density at radius 3 is 3.09 bits per heavy atom. The van der Waals surface area contributed by atoms with Crippen LogP contribution < -0.4 is 0 Å². The van der Waals surface area contributed by atoms with E-state index in [1.807, 2.05) is 37.4 Å². The van der Waals surface area contributed by atoms with Crippen molar-refractivity contribution in [1.29, 1.82) is 0 Å². The van der Waals surface area contributed by atoms with Crippen molar-refractivity contribution in [2.24, 2.45) is 0 Å². The van der Waals surface area contributed by atoms with E-state index in [9.17, 15) is 0 Å². The molecule has 5 nitrogen and oxygen atoms in total. The lowest BCUT2D eigenvalue weighted by Crippen LogP contribution is -2.37. The van der Waals surface area contributed by atoms with Crippen molar-refractivity contribution in [3.05, 3.63) is 53.1 Å². The second-order valence-corrected chi connectivity index (χ2v) is 6.77. The monoisotopic (exact) mass is 330 g/mol. The summed E-state index contributed by atoms with van der Waals surface area (Å²) >= 11 is 1.68. The van der Waals surface area contributed by atoms with Crippen LogP contribution in [-0.4, -0.2) is 29.6 Å². The van der Waals surface area contributed by atoms with Gasteiger partial charge in [0, 0.05) is 30.7 Å². The van der Waals surface area contributed by atoms with Crippen LogP contribution in [0.5, 0.6) is 0 Å². The van der Waals surface area contributed by atoms with Crippen LogP contribution in [0.4, 0.5) is 0 Å². The molecule has 0 aliphatic carbocycles. The van der Waals surface area contributed by atoms with Gasteiger partial charge in [0.15, 0.2) is 10.8 Å². The number of furan rings is 2. The van der Waals surface area contributed by atoms with Crippen LogP contribution in [0.25, 0.3) is 10.8 Å². The van der Waals surface area contributed by atoms with Gasteiger partial charge in [0.05, 0.1) is 12.9 Å². The van der Waals surface area contributed by atoms with Gasteiger partial charge in [-0.25, -0.2) is 4.98 Å². The van der Waals surface area contributed by atoms with Crippen LogP contribution in [0.2, 0.25) is 0 Å². The molecule has 0 radical (unpaired) electrons. The van der Waals surface area contributed by atoms with E-state index >= 15 is 0 Å².